The third-order valence-corrected chi connectivity index (χ3v) is 5.24. The second-order valence-electron chi connectivity index (χ2n) is 5.90. The molecule has 0 saturated heterocycles. The molecule has 0 aliphatic carbocycles. The summed E-state index contributed by atoms with van der Waals surface area (Å²) in [5.41, 5.74) is 3.90. The van der Waals surface area contributed by atoms with Gasteiger partial charge in [0.1, 0.15) is 18.1 Å². The number of imidazole rings is 1. The maximum atomic E-state index is 11.8. The Hall–Kier alpha value is -2.60. The number of aryl methyl sites for hydroxylation is 1. The van der Waals surface area contributed by atoms with Crippen LogP contribution in [-0.4, -0.2) is 27.1 Å². The van der Waals surface area contributed by atoms with Crippen molar-refractivity contribution in [2.24, 2.45) is 0 Å². The van der Waals surface area contributed by atoms with Crippen molar-refractivity contribution in [2.45, 2.75) is 18.4 Å². The number of rotatable bonds is 3. The van der Waals surface area contributed by atoms with Crippen LogP contribution < -0.4 is 9.47 Å². The maximum Gasteiger partial charge on any atom is 0.152 e. The lowest BCUT2D eigenvalue weighted by Gasteiger charge is -2.22. The van der Waals surface area contributed by atoms with Crippen molar-refractivity contribution in [3.05, 3.63) is 54.0 Å². The Labute approximate surface area is 148 Å². The van der Waals surface area contributed by atoms with Crippen LogP contribution in [0.1, 0.15) is 11.5 Å². The Balaban J connectivity index is 1.93. The summed E-state index contributed by atoms with van der Waals surface area (Å²) in [5.74, 6) is 2.38. The van der Waals surface area contributed by atoms with Crippen LogP contribution in [0.5, 0.6) is 11.5 Å². The zero-order chi connectivity index (χ0) is 17.6. The summed E-state index contributed by atoms with van der Waals surface area (Å²) in [6.45, 7) is 2.38. The number of benzene rings is 2. The average molecular weight is 354 g/mol. The lowest BCUT2D eigenvalue weighted by molar-refractivity contribution is 0.279. The molecule has 5 nitrogen and oxygen atoms in total. The van der Waals surface area contributed by atoms with Gasteiger partial charge in [-0.05, 0) is 37.3 Å². The van der Waals surface area contributed by atoms with E-state index < -0.39 is 10.8 Å². The number of ether oxygens (including phenoxy) is 2. The Morgan fingerprint density at radius 1 is 1.24 bits per heavy atom. The zero-order valence-electron chi connectivity index (χ0n) is 14.3. The van der Waals surface area contributed by atoms with Gasteiger partial charge in [-0.2, -0.15) is 0 Å². The zero-order valence-corrected chi connectivity index (χ0v) is 15.1. The summed E-state index contributed by atoms with van der Waals surface area (Å²) in [5, 5.41) is 0. The van der Waals surface area contributed by atoms with E-state index in [9.17, 15) is 4.21 Å². The van der Waals surface area contributed by atoms with E-state index >= 15 is 0 Å². The fourth-order valence-corrected chi connectivity index (χ4v) is 3.70. The van der Waals surface area contributed by atoms with Crippen molar-refractivity contribution >= 4 is 10.8 Å². The Morgan fingerprint density at radius 3 is 2.84 bits per heavy atom. The molecule has 4 rings (SSSR count). The number of hydrogen-bond donors (Lipinski definition) is 0. The third-order valence-electron chi connectivity index (χ3n) is 4.33. The Bertz CT molecular complexity index is 994. The fraction of sp³-hybridized carbons (Fsp3) is 0.211. The molecule has 0 bridgehead atoms. The molecule has 1 aromatic heterocycles. The van der Waals surface area contributed by atoms with Crippen LogP contribution >= 0.6 is 0 Å². The third kappa shape index (κ3) is 2.62. The molecular weight excluding hydrogens is 336 g/mol. The van der Waals surface area contributed by atoms with E-state index in [4.69, 9.17) is 9.47 Å². The maximum absolute atomic E-state index is 11.8. The molecule has 1 aliphatic heterocycles. The molecule has 0 saturated carbocycles. The quantitative estimate of drug-likeness (QED) is 0.722. The van der Waals surface area contributed by atoms with Gasteiger partial charge in [-0.15, -0.1) is 0 Å². The largest absolute Gasteiger partial charge is 0.497 e. The van der Waals surface area contributed by atoms with Crippen LogP contribution in [0.15, 0.2) is 47.4 Å². The molecule has 1 atom stereocenters. The summed E-state index contributed by atoms with van der Waals surface area (Å²) in [6.07, 6.45) is 1.67. The van der Waals surface area contributed by atoms with Crippen molar-refractivity contribution in [3.63, 3.8) is 0 Å². The van der Waals surface area contributed by atoms with E-state index in [0.29, 0.717) is 6.61 Å². The van der Waals surface area contributed by atoms with Gasteiger partial charge >= 0.3 is 0 Å². The monoisotopic (exact) mass is 354 g/mol. The van der Waals surface area contributed by atoms with Gasteiger partial charge in [0.2, 0.25) is 0 Å². The van der Waals surface area contributed by atoms with Crippen molar-refractivity contribution in [1.82, 2.24) is 9.55 Å². The van der Waals surface area contributed by atoms with E-state index in [-0.39, 0.29) is 0 Å². The standard InChI is InChI=1S/C19H18N2O3S/c1-12-19(13-5-4-6-14(9-13)23-2)21-16-8-7-15(25(3)22)10-17(16)24-11-18(21)20-12/h4-10H,11H2,1-3H3. The van der Waals surface area contributed by atoms with Crippen molar-refractivity contribution in [3.8, 4) is 28.4 Å². The van der Waals surface area contributed by atoms with Crippen LogP contribution in [-0.2, 0) is 17.4 Å². The predicted octanol–water partition coefficient (Wildman–Crippen LogP) is 3.49. The predicted molar refractivity (Wildman–Crippen MR) is 97.0 cm³/mol. The number of nitrogens with zero attached hydrogens (tertiary/aromatic N) is 2. The van der Waals surface area contributed by atoms with Gasteiger partial charge in [0, 0.05) is 27.5 Å². The number of aromatic nitrogens is 2. The minimum absolute atomic E-state index is 0.387. The van der Waals surface area contributed by atoms with Gasteiger partial charge in [-0.25, -0.2) is 4.98 Å². The first-order valence-electron chi connectivity index (χ1n) is 7.92. The van der Waals surface area contributed by atoms with Crippen molar-refractivity contribution < 1.29 is 13.7 Å². The highest BCUT2D eigenvalue weighted by molar-refractivity contribution is 7.84. The van der Waals surface area contributed by atoms with Gasteiger partial charge in [-0.1, -0.05) is 12.1 Å². The summed E-state index contributed by atoms with van der Waals surface area (Å²) < 4.78 is 25.1. The van der Waals surface area contributed by atoms with Crippen LogP contribution in [0.25, 0.3) is 16.9 Å². The van der Waals surface area contributed by atoms with Gasteiger partial charge in [-0.3, -0.25) is 8.78 Å². The normalized spacial score (nSPS) is 13.6. The Kier molecular flexibility index (Phi) is 3.84. The van der Waals surface area contributed by atoms with Gasteiger partial charge in [0.05, 0.1) is 24.2 Å². The molecule has 6 heteroatoms. The first kappa shape index (κ1) is 15.9. The number of hydrogen-bond acceptors (Lipinski definition) is 4. The summed E-state index contributed by atoms with van der Waals surface area (Å²) in [4.78, 5) is 5.43. The van der Waals surface area contributed by atoms with Gasteiger partial charge < -0.3 is 9.47 Å². The van der Waals surface area contributed by atoms with Crippen LogP contribution in [0, 0.1) is 6.92 Å². The number of methoxy groups -OCH3 is 1. The minimum Gasteiger partial charge on any atom is -0.497 e. The first-order valence-corrected chi connectivity index (χ1v) is 9.47. The fourth-order valence-electron chi connectivity index (χ4n) is 3.17. The number of fused-ring (bicyclic) bond motifs is 3. The second-order valence-corrected chi connectivity index (χ2v) is 7.28. The molecule has 128 valence electrons. The van der Waals surface area contributed by atoms with E-state index in [1.54, 1.807) is 13.4 Å². The molecule has 1 unspecified atom stereocenters. The smallest absolute Gasteiger partial charge is 0.152 e. The molecule has 1 aliphatic rings. The first-order chi connectivity index (χ1) is 12.1. The second kappa shape index (κ2) is 6.04. The molecule has 25 heavy (non-hydrogen) atoms. The molecule has 0 fully saturated rings. The van der Waals surface area contributed by atoms with Crippen LogP contribution in [0.4, 0.5) is 0 Å². The molecular formula is C19H18N2O3S. The Morgan fingerprint density at radius 2 is 2.08 bits per heavy atom. The molecule has 3 aromatic rings. The summed E-state index contributed by atoms with van der Waals surface area (Å²) in [7, 11) is 0.613. The van der Waals surface area contributed by atoms with E-state index in [0.717, 1.165) is 44.9 Å². The van der Waals surface area contributed by atoms with Crippen molar-refractivity contribution in [1.29, 1.82) is 0 Å². The highest BCUT2D eigenvalue weighted by atomic mass is 32.2. The summed E-state index contributed by atoms with van der Waals surface area (Å²) >= 11 is 0. The molecule has 0 amide bonds. The lowest BCUT2D eigenvalue weighted by atomic mass is 10.1. The SMILES string of the molecule is COc1cccc(-c2c(C)nc3n2-c2ccc(S(C)=O)cc2OC3)c1. The average Bonchev–Trinajstić information content (AvgIpc) is 2.97. The lowest BCUT2D eigenvalue weighted by Crippen LogP contribution is -2.14. The van der Waals surface area contributed by atoms with Crippen LogP contribution in [0.2, 0.25) is 0 Å². The van der Waals surface area contributed by atoms with E-state index in [2.05, 4.69) is 9.55 Å². The van der Waals surface area contributed by atoms with E-state index in [1.807, 2.05) is 49.4 Å². The molecule has 2 heterocycles. The highest BCUT2D eigenvalue weighted by Crippen LogP contribution is 2.37. The van der Waals surface area contributed by atoms with E-state index in [1.165, 1.54) is 0 Å². The molecule has 0 N–H and O–H groups in total. The molecule has 0 radical (unpaired) electrons. The van der Waals surface area contributed by atoms with Gasteiger partial charge in [0.15, 0.2) is 5.82 Å². The summed E-state index contributed by atoms with van der Waals surface area (Å²) in [6, 6.07) is 13.6. The topological polar surface area (TPSA) is 53.4 Å². The van der Waals surface area contributed by atoms with Crippen molar-refractivity contribution in [2.75, 3.05) is 13.4 Å². The minimum atomic E-state index is -1.05. The molecule has 0 spiro atoms. The molecule has 2 aromatic carbocycles. The van der Waals surface area contributed by atoms with Crippen LogP contribution in [0.3, 0.4) is 0 Å². The highest BCUT2D eigenvalue weighted by Gasteiger charge is 2.25. The van der Waals surface area contributed by atoms with Gasteiger partial charge in [0.25, 0.3) is 0 Å².